The molecule has 0 amide bonds. The molecular formula is C68H42. The lowest BCUT2D eigenvalue weighted by Gasteiger charge is -2.22. The highest BCUT2D eigenvalue weighted by Gasteiger charge is 2.23. The van der Waals surface area contributed by atoms with Gasteiger partial charge < -0.3 is 0 Å². The standard InChI is InChI=1S/C68H42/c1-3-17-45(18-4-1)63-41-65(57-29-13-25-53-51(23-11-27-55(53)57)49-33-31-43-15-7-9-21-47(43)39-49)61-38-36-60-64(46-19-5-2-6-20-46)42-66(62-37-35-59(63)67(61)68(60)62)58-30-14-26-54-52(24-12-28-56(54)58)50-34-32-44-16-8-10-22-48(44)40-50/h1-42H. The molecule has 314 valence electrons. The van der Waals surface area contributed by atoms with E-state index in [0.29, 0.717) is 0 Å². The fraction of sp³-hybridized carbons (Fsp3) is 0. The van der Waals surface area contributed by atoms with Gasteiger partial charge in [0.15, 0.2) is 0 Å². The van der Waals surface area contributed by atoms with Gasteiger partial charge >= 0.3 is 0 Å². The van der Waals surface area contributed by atoms with Gasteiger partial charge in [0.2, 0.25) is 0 Å². The number of rotatable bonds is 6. The third-order valence-corrected chi connectivity index (χ3v) is 14.6. The maximum atomic E-state index is 2.46. The summed E-state index contributed by atoms with van der Waals surface area (Å²) in [7, 11) is 0. The Kier molecular flexibility index (Phi) is 8.69. The van der Waals surface area contributed by atoms with E-state index in [1.165, 1.54) is 142 Å². The largest absolute Gasteiger partial charge is 0.0622 e. The van der Waals surface area contributed by atoms with Gasteiger partial charge in [-0.2, -0.15) is 0 Å². The molecule has 68 heavy (non-hydrogen) atoms. The van der Waals surface area contributed by atoms with Gasteiger partial charge in [-0.05, 0) is 166 Å². The van der Waals surface area contributed by atoms with E-state index < -0.39 is 0 Å². The lowest BCUT2D eigenvalue weighted by molar-refractivity contribution is 1.63. The molecule has 0 nitrogen and oxygen atoms in total. The molecule has 0 heterocycles. The minimum Gasteiger partial charge on any atom is -0.0622 e. The van der Waals surface area contributed by atoms with Crippen LogP contribution in [0.2, 0.25) is 0 Å². The van der Waals surface area contributed by atoms with Crippen LogP contribution >= 0.6 is 0 Å². The summed E-state index contributed by atoms with van der Waals surface area (Å²) in [6.45, 7) is 0. The normalized spacial score (nSPS) is 11.8. The SMILES string of the molecule is c1ccc(-c2cc(-c3cccc4c(-c5ccc6ccccc6c5)cccc34)c3ccc4c(-c5ccccc5)cc(-c5cccc6c(-c7ccc8ccccc8c7)cccc56)c5ccc2c3c45)cc1. The van der Waals surface area contributed by atoms with Crippen molar-refractivity contribution in [2.75, 3.05) is 0 Å². The van der Waals surface area contributed by atoms with Crippen LogP contribution in [0.15, 0.2) is 255 Å². The fourth-order valence-corrected chi connectivity index (χ4v) is 11.5. The molecule has 0 radical (unpaired) electrons. The lowest BCUT2D eigenvalue weighted by atomic mass is 9.80. The first-order valence-corrected chi connectivity index (χ1v) is 23.7. The van der Waals surface area contributed by atoms with E-state index in [2.05, 4.69) is 255 Å². The Balaban J connectivity index is 1.07. The molecule has 0 bridgehead atoms. The van der Waals surface area contributed by atoms with Crippen molar-refractivity contribution in [3.05, 3.63) is 255 Å². The summed E-state index contributed by atoms with van der Waals surface area (Å²) in [6.07, 6.45) is 0. The van der Waals surface area contributed by atoms with Crippen LogP contribution in [0.1, 0.15) is 0 Å². The number of hydrogen-bond acceptors (Lipinski definition) is 0. The Morgan fingerprint density at radius 2 is 0.485 bits per heavy atom. The summed E-state index contributed by atoms with van der Waals surface area (Å²) in [4.78, 5) is 0. The zero-order chi connectivity index (χ0) is 44.7. The predicted octanol–water partition coefficient (Wildman–Crippen LogP) is 19.2. The van der Waals surface area contributed by atoms with Crippen LogP contribution in [0.3, 0.4) is 0 Å². The van der Waals surface area contributed by atoms with E-state index >= 15 is 0 Å². The second kappa shape index (κ2) is 15.4. The van der Waals surface area contributed by atoms with Crippen LogP contribution in [0.4, 0.5) is 0 Å². The molecule has 0 atom stereocenters. The van der Waals surface area contributed by atoms with E-state index in [1.54, 1.807) is 0 Å². The molecule has 0 aliphatic carbocycles. The van der Waals surface area contributed by atoms with Crippen molar-refractivity contribution in [1.29, 1.82) is 0 Å². The Labute approximate surface area is 395 Å². The Morgan fingerprint density at radius 1 is 0.147 bits per heavy atom. The van der Waals surface area contributed by atoms with Gasteiger partial charge in [0.05, 0.1) is 0 Å². The van der Waals surface area contributed by atoms with Crippen molar-refractivity contribution in [3.8, 4) is 66.8 Å². The van der Waals surface area contributed by atoms with Crippen molar-refractivity contribution in [2.24, 2.45) is 0 Å². The molecule has 14 aromatic carbocycles. The molecule has 0 saturated carbocycles. The first-order valence-electron chi connectivity index (χ1n) is 23.7. The topological polar surface area (TPSA) is 0 Å². The molecular weight excluding hydrogens is 817 g/mol. The molecule has 0 unspecified atom stereocenters. The predicted molar refractivity (Wildman–Crippen MR) is 293 cm³/mol. The minimum atomic E-state index is 1.21. The van der Waals surface area contributed by atoms with E-state index in [9.17, 15) is 0 Å². The van der Waals surface area contributed by atoms with Gasteiger partial charge in [-0.3, -0.25) is 0 Å². The van der Waals surface area contributed by atoms with Gasteiger partial charge in [-0.15, -0.1) is 0 Å². The second-order valence-electron chi connectivity index (χ2n) is 18.3. The van der Waals surface area contributed by atoms with Crippen LogP contribution in [-0.4, -0.2) is 0 Å². The molecule has 14 aromatic rings. The number of benzene rings is 14. The van der Waals surface area contributed by atoms with Gasteiger partial charge in [-0.1, -0.05) is 231 Å². The average molecular weight is 859 g/mol. The minimum absolute atomic E-state index is 1.21. The maximum Gasteiger partial charge on any atom is -0.00139 e. The van der Waals surface area contributed by atoms with Crippen molar-refractivity contribution in [2.45, 2.75) is 0 Å². The molecule has 0 fully saturated rings. The van der Waals surface area contributed by atoms with Crippen LogP contribution in [0, 0.1) is 0 Å². The summed E-state index contributed by atoms with van der Waals surface area (Å²) >= 11 is 0. The van der Waals surface area contributed by atoms with Crippen LogP contribution < -0.4 is 0 Å². The zero-order valence-electron chi connectivity index (χ0n) is 37.2. The van der Waals surface area contributed by atoms with Gasteiger partial charge in [0, 0.05) is 0 Å². The molecule has 0 aliphatic rings. The van der Waals surface area contributed by atoms with Crippen LogP contribution in [-0.2, 0) is 0 Å². The fourth-order valence-electron chi connectivity index (χ4n) is 11.5. The highest BCUT2D eigenvalue weighted by molar-refractivity contribution is 6.33. The summed E-state index contributed by atoms with van der Waals surface area (Å²) in [5.74, 6) is 0. The van der Waals surface area contributed by atoms with Gasteiger partial charge in [0.25, 0.3) is 0 Å². The first-order chi connectivity index (χ1) is 33.7. The molecule has 0 heteroatoms. The summed E-state index contributed by atoms with van der Waals surface area (Å²) in [5.41, 5.74) is 14.8. The highest BCUT2D eigenvalue weighted by Crippen LogP contribution is 2.50. The Hall–Kier alpha value is -8.84. The van der Waals surface area contributed by atoms with E-state index in [4.69, 9.17) is 0 Å². The summed E-state index contributed by atoms with van der Waals surface area (Å²) < 4.78 is 0. The quantitative estimate of drug-likeness (QED) is 0.146. The number of fused-ring (bicyclic) bond motifs is 4. The number of hydrogen-bond donors (Lipinski definition) is 0. The monoisotopic (exact) mass is 858 g/mol. The van der Waals surface area contributed by atoms with E-state index in [-0.39, 0.29) is 0 Å². The van der Waals surface area contributed by atoms with Crippen molar-refractivity contribution in [3.63, 3.8) is 0 Å². The first kappa shape index (κ1) is 38.4. The van der Waals surface area contributed by atoms with E-state index in [1.807, 2.05) is 0 Å². The third kappa shape index (κ3) is 6.01. The average Bonchev–Trinajstić information content (AvgIpc) is 3.41. The lowest BCUT2D eigenvalue weighted by Crippen LogP contribution is -1.95. The second-order valence-corrected chi connectivity index (χ2v) is 18.3. The van der Waals surface area contributed by atoms with Gasteiger partial charge in [0.1, 0.15) is 0 Å². The summed E-state index contributed by atoms with van der Waals surface area (Å²) in [5, 5.41) is 17.6. The summed E-state index contributed by atoms with van der Waals surface area (Å²) in [6, 6.07) is 94.9. The molecule has 0 N–H and O–H groups in total. The van der Waals surface area contributed by atoms with Crippen LogP contribution in [0.25, 0.3) is 142 Å². The van der Waals surface area contributed by atoms with Gasteiger partial charge in [-0.25, -0.2) is 0 Å². The maximum absolute atomic E-state index is 2.46. The van der Waals surface area contributed by atoms with Crippen molar-refractivity contribution < 1.29 is 0 Å². The molecule has 0 aromatic heterocycles. The molecule has 0 aliphatic heterocycles. The van der Waals surface area contributed by atoms with Crippen LogP contribution in [0.5, 0.6) is 0 Å². The molecule has 0 spiro atoms. The smallest absolute Gasteiger partial charge is 0.00139 e. The Morgan fingerprint density at radius 3 is 0.897 bits per heavy atom. The van der Waals surface area contributed by atoms with E-state index in [0.717, 1.165) is 0 Å². The third-order valence-electron chi connectivity index (χ3n) is 14.6. The van der Waals surface area contributed by atoms with Crippen molar-refractivity contribution >= 4 is 75.4 Å². The van der Waals surface area contributed by atoms with Crippen molar-refractivity contribution in [1.82, 2.24) is 0 Å². The highest BCUT2D eigenvalue weighted by atomic mass is 14.3. The zero-order valence-corrected chi connectivity index (χ0v) is 37.2. The molecule has 0 saturated heterocycles. The Bertz CT molecular complexity index is 4010. The molecule has 14 rings (SSSR count).